The number of aryl methyl sites for hydroxylation is 1. The highest BCUT2D eigenvalue weighted by molar-refractivity contribution is 5.66. The number of benzene rings is 3. The average molecular weight is 437 g/mol. The highest BCUT2D eigenvalue weighted by Crippen LogP contribution is 2.30. The monoisotopic (exact) mass is 436 g/mol. The number of hydrogen-bond donors (Lipinski definition) is 0. The summed E-state index contributed by atoms with van der Waals surface area (Å²) in [7, 11) is 0. The Hall–Kier alpha value is -4.06. The van der Waals surface area contributed by atoms with E-state index in [0.29, 0.717) is 23.6 Å². The summed E-state index contributed by atoms with van der Waals surface area (Å²) in [6.07, 6.45) is 0. The summed E-state index contributed by atoms with van der Waals surface area (Å²) in [5.74, 6) is 1.83. The molecule has 0 N–H and O–H groups in total. The van der Waals surface area contributed by atoms with Gasteiger partial charge in [0.2, 0.25) is 23.6 Å². The first kappa shape index (κ1) is 20.8. The highest BCUT2D eigenvalue weighted by Gasteiger charge is 2.16. The van der Waals surface area contributed by atoms with Crippen molar-refractivity contribution < 1.29 is 8.83 Å². The van der Waals surface area contributed by atoms with Crippen molar-refractivity contribution in [3.05, 3.63) is 83.9 Å². The van der Waals surface area contributed by atoms with Gasteiger partial charge in [0.25, 0.3) is 0 Å². The Morgan fingerprint density at radius 1 is 0.545 bits per heavy atom. The average Bonchev–Trinajstić information content (AvgIpc) is 3.50. The zero-order valence-corrected chi connectivity index (χ0v) is 19.0. The summed E-state index contributed by atoms with van der Waals surface area (Å²) in [5, 5.41) is 16.9. The molecular weight excluding hydrogens is 412 g/mol. The molecule has 2 heterocycles. The molecule has 0 atom stereocenters. The highest BCUT2D eigenvalue weighted by atomic mass is 16.4. The lowest BCUT2D eigenvalue weighted by Gasteiger charge is -2.18. The first-order valence-electron chi connectivity index (χ1n) is 10.8. The van der Waals surface area contributed by atoms with Crippen LogP contribution >= 0.6 is 0 Å². The van der Waals surface area contributed by atoms with E-state index >= 15 is 0 Å². The summed E-state index contributed by atoms with van der Waals surface area (Å²) in [5.41, 5.74) is 5.86. The maximum Gasteiger partial charge on any atom is 0.248 e. The Balaban J connectivity index is 1.40. The standard InChI is InChI=1S/C27H24N4O2/c1-17-8-10-18(11-9-17)23-28-30-25(32-23)20-6-5-7-21(16-20)26-31-29-24(33-26)19-12-14-22(15-13-19)27(2,3)4/h5-16H,1-4H3. The van der Waals surface area contributed by atoms with E-state index in [2.05, 4.69) is 53.3 Å². The number of rotatable bonds is 4. The van der Waals surface area contributed by atoms with Gasteiger partial charge in [-0.25, -0.2) is 0 Å². The molecular formula is C27H24N4O2. The maximum atomic E-state index is 5.97. The molecule has 0 aliphatic rings. The van der Waals surface area contributed by atoms with E-state index in [1.807, 2.05) is 67.6 Å². The first-order valence-corrected chi connectivity index (χ1v) is 10.8. The second kappa shape index (κ2) is 8.13. The summed E-state index contributed by atoms with van der Waals surface area (Å²) in [6, 6.07) is 23.8. The van der Waals surface area contributed by atoms with Crippen LogP contribution in [0.25, 0.3) is 45.8 Å². The predicted octanol–water partition coefficient (Wildman–Crippen LogP) is 6.73. The van der Waals surface area contributed by atoms with Crippen molar-refractivity contribution in [2.75, 3.05) is 0 Å². The Kier molecular flexibility index (Phi) is 5.13. The maximum absolute atomic E-state index is 5.97. The third-order valence-corrected chi connectivity index (χ3v) is 5.50. The molecule has 5 rings (SSSR count). The van der Waals surface area contributed by atoms with Gasteiger partial charge in [-0.1, -0.05) is 56.7 Å². The predicted molar refractivity (Wildman–Crippen MR) is 127 cm³/mol. The third-order valence-electron chi connectivity index (χ3n) is 5.50. The lowest BCUT2D eigenvalue weighted by atomic mass is 9.87. The summed E-state index contributed by atoms with van der Waals surface area (Å²) >= 11 is 0. The molecule has 3 aromatic carbocycles. The molecule has 164 valence electrons. The van der Waals surface area contributed by atoms with E-state index in [1.165, 1.54) is 11.1 Å². The van der Waals surface area contributed by atoms with Crippen molar-refractivity contribution in [1.29, 1.82) is 0 Å². The lowest BCUT2D eigenvalue weighted by Crippen LogP contribution is -2.10. The molecule has 0 amide bonds. The van der Waals surface area contributed by atoms with E-state index in [-0.39, 0.29) is 5.41 Å². The Labute approximate surface area is 192 Å². The van der Waals surface area contributed by atoms with Crippen LogP contribution in [0.15, 0.2) is 81.6 Å². The van der Waals surface area contributed by atoms with E-state index in [1.54, 1.807) is 0 Å². The Bertz CT molecular complexity index is 1390. The normalized spacial score (nSPS) is 11.6. The van der Waals surface area contributed by atoms with Crippen molar-refractivity contribution in [1.82, 2.24) is 20.4 Å². The summed E-state index contributed by atoms with van der Waals surface area (Å²) < 4.78 is 11.9. The van der Waals surface area contributed by atoms with Crippen molar-refractivity contribution in [3.8, 4) is 45.8 Å². The second-order valence-corrected chi connectivity index (χ2v) is 9.10. The minimum atomic E-state index is 0.0903. The van der Waals surface area contributed by atoms with Gasteiger partial charge in [-0.15, -0.1) is 20.4 Å². The van der Waals surface area contributed by atoms with Gasteiger partial charge < -0.3 is 8.83 Å². The topological polar surface area (TPSA) is 77.8 Å². The molecule has 0 aliphatic heterocycles. The van der Waals surface area contributed by atoms with Gasteiger partial charge in [0.15, 0.2) is 0 Å². The van der Waals surface area contributed by atoms with E-state index in [0.717, 1.165) is 22.3 Å². The lowest BCUT2D eigenvalue weighted by molar-refractivity contribution is 0.581. The number of hydrogen-bond acceptors (Lipinski definition) is 6. The molecule has 5 aromatic rings. The molecule has 0 fully saturated rings. The first-order chi connectivity index (χ1) is 15.9. The van der Waals surface area contributed by atoms with Crippen molar-refractivity contribution >= 4 is 0 Å². The molecule has 0 unspecified atom stereocenters. The number of aromatic nitrogens is 4. The second-order valence-electron chi connectivity index (χ2n) is 9.10. The molecule has 0 bridgehead atoms. The molecule has 6 heteroatoms. The quantitative estimate of drug-likeness (QED) is 0.311. The summed E-state index contributed by atoms with van der Waals surface area (Å²) in [6.45, 7) is 8.60. The van der Waals surface area contributed by atoms with Crippen LogP contribution in [-0.2, 0) is 5.41 Å². The van der Waals surface area contributed by atoms with E-state index < -0.39 is 0 Å². The van der Waals surface area contributed by atoms with Gasteiger partial charge in [-0.2, -0.15) is 0 Å². The van der Waals surface area contributed by atoms with E-state index in [4.69, 9.17) is 8.83 Å². The van der Waals surface area contributed by atoms with Crippen molar-refractivity contribution in [2.45, 2.75) is 33.1 Å². The van der Waals surface area contributed by atoms with Gasteiger partial charge in [0.1, 0.15) is 0 Å². The van der Waals surface area contributed by atoms with Crippen LogP contribution in [0.2, 0.25) is 0 Å². The number of nitrogens with zero attached hydrogens (tertiary/aromatic N) is 4. The van der Waals surface area contributed by atoms with Gasteiger partial charge in [-0.05, 0) is 60.4 Å². The summed E-state index contributed by atoms with van der Waals surface area (Å²) in [4.78, 5) is 0. The van der Waals surface area contributed by atoms with Gasteiger partial charge in [0.05, 0.1) is 0 Å². The van der Waals surface area contributed by atoms with Crippen molar-refractivity contribution in [2.24, 2.45) is 0 Å². The molecule has 0 aliphatic carbocycles. The molecule has 33 heavy (non-hydrogen) atoms. The fraction of sp³-hybridized carbons (Fsp3) is 0.185. The zero-order chi connectivity index (χ0) is 23.0. The van der Waals surface area contributed by atoms with Crippen LogP contribution < -0.4 is 0 Å². The largest absolute Gasteiger partial charge is 0.416 e. The third kappa shape index (κ3) is 4.32. The SMILES string of the molecule is Cc1ccc(-c2nnc(-c3cccc(-c4nnc(-c5ccc(C(C)(C)C)cc5)o4)c3)o2)cc1. The molecule has 0 spiro atoms. The zero-order valence-electron chi connectivity index (χ0n) is 19.0. The fourth-order valence-electron chi connectivity index (χ4n) is 3.51. The molecule has 0 saturated carbocycles. The van der Waals surface area contributed by atoms with Gasteiger partial charge in [-0.3, -0.25) is 0 Å². The van der Waals surface area contributed by atoms with Gasteiger partial charge >= 0.3 is 0 Å². The van der Waals surface area contributed by atoms with Crippen LogP contribution in [-0.4, -0.2) is 20.4 Å². The minimum Gasteiger partial charge on any atom is -0.416 e. The molecule has 0 saturated heterocycles. The Morgan fingerprint density at radius 2 is 0.970 bits per heavy atom. The van der Waals surface area contributed by atoms with Crippen LogP contribution in [0.5, 0.6) is 0 Å². The van der Waals surface area contributed by atoms with E-state index in [9.17, 15) is 0 Å². The molecule has 2 aromatic heterocycles. The van der Waals surface area contributed by atoms with Crippen LogP contribution in [0.4, 0.5) is 0 Å². The van der Waals surface area contributed by atoms with Crippen LogP contribution in [0.3, 0.4) is 0 Å². The van der Waals surface area contributed by atoms with Crippen LogP contribution in [0, 0.1) is 6.92 Å². The molecule has 6 nitrogen and oxygen atoms in total. The van der Waals surface area contributed by atoms with Crippen LogP contribution in [0.1, 0.15) is 31.9 Å². The Morgan fingerprint density at radius 3 is 1.42 bits per heavy atom. The fourth-order valence-corrected chi connectivity index (χ4v) is 3.51. The van der Waals surface area contributed by atoms with Gasteiger partial charge in [0, 0.05) is 22.3 Å². The minimum absolute atomic E-state index is 0.0903. The van der Waals surface area contributed by atoms with Crippen molar-refractivity contribution in [3.63, 3.8) is 0 Å². The molecule has 0 radical (unpaired) electrons. The smallest absolute Gasteiger partial charge is 0.248 e.